The molecule has 0 radical (unpaired) electrons. The predicted octanol–water partition coefficient (Wildman–Crippen LogP) is -0.185. The zero-order valence-corrected chi connectivity index (χ0v) is 15.8. The van der Waals surface area contributed by atoms with E-state index in [1.54, 1.807) is 34.1 Å². The van der Waals surface area contributed by atoms with Gasteiger partial charge in [0.15, 0.2) is 6.10 Å². The molecule has 2 aliphatic heterocycles. The number of nitrogens with zero attached hydrogens (tertiary/aromatic N) is 3. The molecule has 0 spiro atoms. The molecule has 2 N–H and O–H groups in total. The Morgan fingerprint density at radius 3 is 2.36 bits per heavy atom. The van der Waals surface area contributed by atoms with Gasteiger partial charge in [-0.15, -0.1) is 0 Å². The first kappa shape index (κ1) is 20.0. The van der Waals surface area contributed by atoms with Crippen LogP contribution in [0.25, 0.3) is 0 Å². The molecule has 2 saturated heterocycles. The maximum absolute atomic E-state index is 12.7. The first-order valence-electron chi connectivity index (χ1n) is 8.64. The summed E-state index contributed by atoms with van der Waals surface area (Å²) in [6, 6.07) is 6.28. The molecule has 3 rings (SSSR count). The number of hydrogen-bond acceptors (Lipinski definition) is 7. The summed E-state index contributed by atoms with van der Waals surface area (Å²) in [5.74, 6) is -1.57. The first-order chi connectivity index (χ1) is 13.4. The fourth-order valence-corrected chi connectivity index (χ4v) is 3.31. The molecular weight excluding hydrogens is 388 g/mol. The Labute approximate surface area is 166 Å². The third-order valence-electron chi connectivity index (χ3n) is 4.67. The zero-order valence-electron chi connectivity index (χ0n) is 14.9. The van der Waals surface area contributed by atoms with E-state index in [1.807, 2.05) is 0 Å². The van der Waals surface area contributed by atoms with Gasteiger partial charge in [0.1, 0.15) is 0 Å². The van der Waals surface area contributed by atoms with E-state index in [0.29, 0.717) is 37.4 Å². The third-order valence-corrected chi connectivity index (χ3v) is 4.88. The molecule has 1 aromatic carbocycles. The number of rotatable bonds is 5. The van der Waals surface area contributed by atoms with Crippen LogP contribution in [0.1, 0.15) is 10.4 Å². The summed E-state index contributed by atoms with van der Waals surface area (Å²) in [5, 5.41) is 8.83. The van der Waals surface area contributed by atoms with Crippen LogP contribution in [-0.2, 0) is 14.3 Å². The van der Waals surface area contributed by atoms with Crippen LogP contribution in [0.2, 0.25) is 0 Å². The molecule has 150 valence electrons. The van der Waals surface area contributed by atoms with Gasteiger partial charge in [0.2, 0.25) is 0 Å². The Balaban J connectivity index is 1.59. The lowest BCUT2D eigenvalue weighted by Gasteiger charge is -2.34. The highest BCUT2D eigenvalue weighted by atomic mass is 32.1. The molecule has 0 saturated carbocycles. The number of benzene rings is 1. The van der Waals surface area contributed by atoms with Gasteiger partial charge in [-0.2, -0.15) is 0 Å². The van der Waals surface area contributed by atoms with Crippen molar-refractivity contribution in [2.24, 2.45) is 0 Å². The minimum Gasteiger partial charge on any atom is -0.480 e. The number of carbonyl (C=O) groups is 4. The topological polar surface area (TPSA) is 119 Å². The van der Waals surface area contributed by atoms with Crippen LogP contribution in [0.5, 0.6) is 0 Å². The number of ether oxygens (including phenoxy) is 1. The highest BCUT2D eigenvalue weighted by Crippen LogP contribution is 2.23. The molecule has 28 heavy (non-hydrogen) atoms. The molecule has 1 aromatic rings. The lowest BCUT2D eigenvalue weighted by atomic mass is 10.2. The van der Waals surface area contributed by atoms with E-state index in [0.717, 1.165) is 0 Å². The van der Waals surface area contributed by atoms with Crippen molar-refractivity contribution in [3.8, 4) is 0 Å². The molecule has 1 atom stereocenters. The van der Waals surface area contributed by atoms with Gasteiger partial charge in [-0.3, -0.25) is 28.9 Å². The molecule has 10 nitrogen and oxygen atoms in total. The first-order valence-corrected chi connectivity index (χ1v) is 9.09. The lowest BCUT2D eigenvalue weighted by Crippen LogP contribution is -2.52. The average Bonchev–Trinajstić information content (AvgIpc) is 3.08. The maximum atomic E-state index is 12.7. The number of anilines is 1. The summed E-state index contributed by atoms with van der Waals surface area (Å²) in [5.41, 5.74) is 0.903. The summed E-state index contributed by atoms with van der Waals surface area (Å²) in [7, 11) is 0. The smallest absolute Gasteiger partial charge is 0.415 e. The van der Waals surface area contributed by atoms with Crippen molar-refractivity contribution in [3.05, 3.63) is 29.8 Å². The number of hydrogen-bond donors (Lipinski definition) is 3. The van der Waals surface area contributed by atoms with Crippen LogP contribution >= 0.6 is 12.8 Å². The van der Waals surface area contributed by atoms with Crippen LogP contribution in [0, 0.1) is 0 Å². The van der Waals surface area contributed by atoms with Crippen molar-refractivity contribution in [2.45, 2.75) is 6.10 Å². The second kappa shape index (κ2) is 8.48. The van der Waals surface area contributed by atoms with Crippen molar-refractivity contribution in [3.63, 3.8) is 0 Å². The standard InChI is InChI=1S/C17H20N4O6S/c22-14(23)10-19-5-7-20(8-6-19)16(25)13-9-21(17(26)27-13)12-3-1-11(2-4-12)15(24)18-28/h1-4,13,28H,5-10H2,(H,18,24)(H,22,23). The van der Waals surface area contributed by atoms with E-state index in [4.69, 9.17) is 9.84 Å². The lowest BCUT2D eigenvalue weighted by molar-refractivity contribution is -0.142. The highest BCUT2D eigenvalue weighted by molar-refractivity contribution is 7.78. The molecule has 0 aromatic heterocycles. The molecule has 11 heteroatoms. The summed E-state index contributed by atoms with van der Waals surface area (Å²) in [6.07, 6.45) is -1.55. The molecule has 2 fully saturated rings. The zero-order chi connectivity index (χ0) is 20.3. The fourth-order valence-electron chi connectivity index (χ4n) is 3.18. The van der Waals surface area contributed by atoms with Gasteiger partial charge in [-0.1, -0.05) is 12.8 Å². The predicted molar refractivity (Wildman–Crippen MR) is 101 cm³/mol. The minimum absolute atomic E-state index is 0.0601. The monoisotopic (exact) mass is 408 g/mol. The van der Waals surface area contributed by atoms with Crippen molar-refractivity contribution < 1.29 is 29.0 Å². The summed E-state index contributed by atoms with van der Waals surface area (Å²) in [4.78, 5) is 51.8. The summed E-state index contributed by atoms with van der Waals surface area (Å²) < 4.78 is 7.45. The number of carboxylic acids is 1. The Kier molecular flexibility index (Phi) is 6.05. The molecule has 2 aliphatic rings. The van der Waals surface area contributed by atoms with E-state index in [2.05, 4.69) is 17.5 Å². The van der Waals surface area contributed by atoms with Crippen LogP contribution in [0.3, 0.4) is 0 Å². The number of nitrogens with one attached hydrogen (secondary N) is 1. The van der Waals surface area contributed by atoms with Crippen molar-refractivity contribution in [1.82, 2.24) is 14.5 Å². The minimum atomic E-state index is -0.918. The largest absolute Gasteiger partial charge is 0.480 e. The van der Waals surface area contributed by atoms with Crippen LogP contribution < -0.4 is 9.62 Å². The number of cyclic esters (lactones) is 1. The summed E-state index contributed by atoms with van der Waals surface area (Å²) in [6.45, 7) is 1.69. The maximum Gasteiger partial charge on any atom is 0.415 e. The Morgan fingerprint density at radius 1 is 1.14 bits per heavy atom. The van der Waals surface area contributed by atoms with Crippen molar-refractivity contribution in [2.75, 3.05) is 44.2 Å². The van der Waals surface area contributed by atoms with Gasteiger partial charge >= 0.3 is 12.1 Å². The number of carboxylic acid groups (broad SMARTS) is 1. The number of piperazine rings is 1. The molecule has 3 amide bonds. The normalized spacial score (nSPS) is 20.0. The van der Waals surface area contributed by atoms with Crippen molar-refractivity contribution in [1.29, 1.82) is 0 Å². The van der Waals surface area contributed by atoms with Crippen molar-refractivity contribution >= 4 is 42.4 Å². The molecule has 0 aliphatic carbocycles. The van der Waals surface area contributed by atoms with Gasteiger partial charge in [0.05, 0.1) is 13.1 Å². The Hall–Kier alpha value is -2.79. The SMILES string of the molecule is O=C(O)CN1CCN(C(=O)C2CN(c3ccc(C(=O)NS)cc3)C(=O)O2)CC1. The van der Waals surface area contributed by atoms with Gasteiger partial charge in [0.25, 0.3) is 11.8 Å². The Morgan fingerprint density at radius 2 is 1.79 bits per heavy atom. The molecular formula is C17H20N4O6S. The van der Waals surface area contributed by atoms with Gasteiger partial charge < -0.3 is 14.7 Å². The molecule has 2 heterocycles. The van der Waals surface area contributed by atoms with E-state index >= 15 is 0 Å². The van der Waals surface area contributed by atoms with E-state index in [-0.39, 0.29) is 24.9 Å². The average molecular weight is 408 g/mol. The number of thiol groups is 1. The number of amides is 3. The Bertz CT molecular complexity index is 778. The van der Waals surface area contributed by atoms with Crippen LogP contribution in [0.15, 0.2) is 24.3 Å². The summed E-state index contributed by atoms with van der Waals surface area (Å²) >= 11 is 3.70. The van der Waals surface area contributed by atoms with Crippen LogP contribution in [-0.4, -0.2) is 84.2 Å². The van der Waals surface area contributed by atoms with Gasteiger partial charge in [0, 0.05) is 37.4 Å². The second-order valence-electron chi connectivity index (χ2n) is 6.47. The second-order valence-corrected chi connectivity index (χ2v) is 6.69. The van der Waals surface area contributed by atoms with E-state index in [1.165, 1.54) is 4.90 Å². The number of carbonyl (C=O) groups excluding carboxylic acids is 3. The molecule has 1 unspecified atom stereocenters. The molecule has 0 bridgehead atoms. The highest BCUT2D eigenvalue weighted by Gasteiger charge is 2.39. The van der Waals surface area contributed by atoms with Gasteiger partial charge in [-0.05, 0) is 24.3 Å². The van der Waals surface area contributed by atoms with E-state index < -0.39 is 18.2 Å². The van der Waals surface area contributed by atoms with E-state index in [9.17, 15) is 19.2 Å². The van der Waals surface area contributed by atoms with Crippen LogP contribution in [0.4, 0.5) is 10.5 Å². The fraction of sp³-hybridized carbons (Fsp3) is 0.412. The van der Waals surface area contributed by atoms with Gasteiger partial charge in [-0.25, -0.2) is 4.79 Å². The number of aliphatic carboxylic acids is 1. The third kappa shape index (κ3) is 4.37. The quantitative estimate of drug-likeness (QED) is 0.578.